The van der Waals surface area contributed by atoms with E-state index < -0.39 is 0 Å². The molecule has 9 heteroatoms. The summed E-state index contributed by atoms with van der Waals surface area (Å²) >= 11 is 7.64. The summed E-state index contributed by atoms with van der Waals surface area (Å²) in [6, 6.07) is 7.57. The number of hydrogen-bond donors (Lipinski definition) is 0. The number of halogens is 1. The predicted octanol–water partition coefficient (Wildman–Crippen LogP) is 3.66. The van der Waals surface area contributed by atoms with Gasteiger partial charge >= 0.3 is 0 Å². The fraction of sp³-hybridized carbons (Fsp3) is 0.353. The van der Waals surface area contributed by atoms with Crippen molar-refractivity contribution in [1.29, 1.82) is 0 Å². The Bertz CT molecular complexity index is 897. The Labute approximate surface area is 161 Å². The van der Waals surface area contributed by atoms with Crippen molar-refractivity contribution >= 4 is 29.3 Å². The van der Waals surface area contributed by atoms with E-state index in [0.717, 1.165) is 11.4 Å². The van der Waals surface area contributed by atoms with Crippen LogP contribution in [0.5, 0.6) is 0 Å². The second-order valence-electron chi connectivity index (χ2n) is 6.27. The Kier molecular flexibility index (Phi) is 5.43. The van der Waals surface area contributed by atoms with Crippen LogP contribution in [0.1, 0.15) is 25.6 Å². The number of benzene rings is 1. The Morgan fingerprint density at radius 1 is 1.08 bits per heavy atom. The zero-order valence-electron chi connectivity index (χ0n) is 15.3. The molecule has 0 atom stereocenters. The molecule has 3 aromatic rings. The lowest BCUT2D eigenvalue weighted by Crippen LogP contribution is -2.15. The van der Waals surface area contributed by atoms with E-state index in [2.05, 4.69) is 39.0 Å². The summed E-state index contributed by atoms with van der Waals surface area (Å²) in [4.78, 5) is 15.4. The van der Waals surface area contributed by atoms with E-state index in [9.17, 15) is 0 Å². The Balaban J connectivity index is 1.96. The summed E-state index contributed by atoms with van der Waals surface area (Å²) in [5.74, 6) is 2.28. The quantitative estimate of drug-likeness (QED) is 0.659. The summed E-state index contributed by atoms with van der Waals surface area (Å²) in [5.41, 5.74) is 0.837. The van der Waals surface area contributed by atoms with Gasteiger partial charge in [0.15, 0.2) is 11.0 Å². The average molecular weight is 390 g/mol. The first-order chi connectivity index (χ1) is 12.4. The molecule has 0 radical (unpaired) electrons. The lowest BCUT2D eigenvalue weighted by Gasteiger charge is -2.13. The molecule has 0 saturated heterocycles. The standard InChI is InChI=1S/C17H20ClN7S/c1-10(2)13-19-15(24(3)4)21-16(20-13)26-17-23-22-14(25(17)5)11-8-6-7-9-12(11)18/h6-10H,1-5H3. The average Bonchev–Trinajstić information content (AvgIpc) is 2.95. The third-order valence-corrected chi connectivity index (χ3v) is 4.90. The molecule has 136 valence electrons. The van der Waals surface area contributed by atoms with E-state index in [-0.39, 0.29) is 5.92 Å². The molecular formula is C17H20ClN7S. The van der Waals surface area contributed by atoms with Crippen LogP contribution in [0.25, 0.3) is 11.4 Å². The fourth-order valence-electron chi connectivity index (χ4n) is 2.23. The number of nitrogens with zero attached hydrogens (tertiary/aromatic N) is 7. The maximum Gasteiger partial charge on any atom is 0.229 e. The van der Waals surface area contributed by atoms with Crippen LogP contribution in [-0.2, 0) is 7.05 Å². The smallest absolute Gasteiger partial charge is 0.229 e. The molecule has 2 aromatic heterocycles. The van der Waals surface area contributed by atoms with Gasteiger partial charge in [-0.1, -0.05) is 37.6 Å². The van der Waals surface area contributed by atoms with Gasteiger partial charge in [-0.05, 0) is 23.9 Å². The van der Waals surface area contributed by atoms with E-state index in [0.29, 0.717) is 27.1 Å². The maximum absolute atomic E-state index is 6.29. The second-order valence-corrected chi connectivity index (χ2v) is 7.61. The third-order valence-electron chi connectivity index (χ3n) is 3.67. The van der Waals surface area contributed by atoms with Crippen molar-refractivity contribution in [3.63, 3.8) is 0 Å². The summed E-state index contributed by atoms with van der Waals surface area (Å²) in [6.45, 7) is 4.11. The molecule has 0 aliphatic carbocycles. The fourth-order valence-corrected chi connectivity index (χ4v) is 3.18. The monoisotopic (exact) mass is 389 g/mol. The van der Waals surface area contributed by atoms with Crippen molar-refractivity contribution in [2.24, 2.45) is 7.05 Å². The largest absolute Gasteiger partial charge is 0.347 e. The minimum absolute atomic E-state index is 0.203. The van der Waals surface area contributed by atoms with Crippen molar-refractivity contribution in [2.75, 3.05) is 19.0 Å². The van der Waals surface area contributed by atoms with Crippen LogP contribution in [0.15, 0.2) is 34.6 Å². The van der Waals surface area contributed by atoms with Crippen molar-refractivity contribution in [3.05, 3.63) is 35.1 Å². The van der Waals surface area contributed by atoms with E-state index in [1.165, 1.54) is 11.8 Å². The summed E-state index contributed by atoms with van der Waals surface area (Å²) < 4.78 is 1.89. The molecule has 0 aliphatic rings. The zero-order chi connectivity index (χ0) is 18.8. The van der Waals surface area contributed by atoms with E-state index >= 15 is 0 Å². The Morgan fingerprint density at radius 2 is 1.81 bits per heavy atom. The number of hydrogen-bond acceptors (Lipinski definition) is 7. The molecular weight excluding hydrogens is 370 g/mol. The molecule has 2 heterocycles. The maximum atomic E-state index is 6.29. The highest BCUT2D eigenvalue weighted by Gasteiger charge is 2.17. The lowest BCUT2D eigenvalue weighted by molar-refractivity contribution is 0.712. The topological polar surface area (TPSA) is 72.6 Å². The van der Waals surface area contributed by atoms with E-state index in [1.54, 1.807) is 0 Å². The molecule has 0 aliphatic heterocycles. The molecule has 7 nitrogen and oxygen atoms in total. The van der Waals surface area contributed by atoms with Gasteiger partial charge in [0, 0.05) is 32.6 Å². The highest BCUT2D eigenvalue weighted by Crippen LogP contribution is 2.30. The molecule has 1 aromatic carbocycles. The van der Waals surface area contributed by atoms with Gasteiger partial charge in [-0.3, -0.25) is 0 Å². The van der Waals surface area contributed by atoms with Crippen LogP contribution in [0.2, 0.25) is 5.02 Å². The van der Waals surface area contributed by atoms with Gasteiger partial charge in [0.05, 0.1) is 5.02 Å². The highest BCUT2D eigenvalue weighted by molar-refractivity contribution is 7.99. The minimum atomic E-state index is 0.203. The molecule has 0 N–H and O–H groups in total. The SMILES string of the molecule is CC(C)c1nc(Sc2nnc(-c3ccccc3Cl)n2C)nc(N(C)C)n1. The molecule has 3 rings (SSSR count). The highest BCUT2D eigenvalue weighted by atomic mass is 35.5. The number of aromatic nitrogens is 6. The summed E-state index contributed by atoms with van der Waals surface area (Å²) in [5, 5.41) is 10.5. The van der Waals surface area contributed by atoms with Gasteiger partial charge in [0.1, 0.15) is 5.82 Å². The lowest BCUT2D eigenvalue weighted by atomic mass is 10.2. The van der Waals surface area contributed by atoms with Crippen LogP contribution in [0, 0.1) is 0 Å². The van der Waals surface area contributed by atoms with Gasteiger partial charge < -0.3 is 9.47 Å². The second kappa shape index (κ2) is 7.59. The van der Waals surface area contributed by atoms with Crippen molar-refractivity contribution in [3.8, 4) is 11.4 Å². The summed E-state index contributed by atoms with van der Waals surface area (Å²) in [7, 11) is 5.72. The molecule has 26 heavy (non-hydrogen) atoms. The first-order valence-electron chi connectivity index (χ1n) is 8.12. The van der Waals surface area contributed by atoms with Crippen LogP contribution >= 0.6 is 23.4 Å². The first kappa shape index (κ1) is 18.6. The van der Waals surface area contributed by atoms with Gasteiger partial charge in [0.2, 0.25) is 11.1 Å². The van der Waals surface area contributed by atoms with Gasteiger partial charge in [-0.25, -0.2) is 4.98 Å². The molecule has 0 amide bonds. The van der Waals surface area contributed by atoms with Gasteiger partial charge in [-0.15, -0.1) is 10.2 Å². The van der Waals surface area contributed by atoms with Crippen molar-refractivity contribution in [1.82, 2.24) is 29.7 Å². The third kappa shape index (κ3) is 3.81. The predicted molar refractivity (Wildman–Crippen MR) is 104 cm³/mol. The molecule has 0 fully saturated rings. The van der Waals surface area contributed by atoms with E-state index in [4.69, 9.17) is 11.6 Å². The Morgan fingerprint density at radius 3 is 2.46 bits per heavy atom. The van der Waals surface area contributed by atoms with Gasteiger partial charge in [-0.2, -0.15) is 9.97 Å². The minimum Gasteiger partial charge on any atom is -0.347 e. The number of anilines is 1. The van der Waals surface area contributed by atoms with Crippen LogP contribution in [0.4, 0.5) is 5.95 Å². The van der Waals surface area contributed by atoms with Gasteiger partial charge in [0.25, 0.3) is 0 Å². The van der Waals surface area contributed by atoms with Crippen LogP contribution < -0.4 is 4.90 Å². The van der Waals surface area contributed by atoms with Crippen molar-refractivity contribution in [2.45, 2.75) is 30.1 Å². The molecule has 0 unspecified atom stereocenters. The van der Waals surface area contributed by atoms with E-state index in [1.807, 2.05) is 54.9 Å². The summed E-state index contributed by atoms with van der Waals surface area (Å²) in [6.07, 6.45) is 0. The van der Waals surface area contributed by atoms with Crippen LogP contribution in [0.3, 0.4) is 0 Å². The molecule has 0 spiro atoms. The first-order valence-corrected chi connectivity index (χ1v) is 9.31. The molecule has 0 saturated carbocycles. The molecule has 0 bridgehead atoms. The van der Waals surface area contributed by atoms with Crippen molar-refractivity contribution < 1.29 is 0 Å². The zero-order valence-corrected chi connectivity index (χ0v) is 16.9. The Hall–Kier alpha value is -2.19. The number of rotatable bonds is 5. The normalized spacial score (nSPS) is 11.2. The van der Waals surface area contributed by atoms with Crippen LogP contribution in [-0.4, -0.2) is 43.8 Å².